The summed E-state index contributed by atoms with van der Waals surface area (Å²) in [5.41, 5.74) is 0. The molecular weight excluding hydrogens is 174 g/mol. The first-order valence-corrected chi connectivity index (χ1v) is 3.69. The molecule has 0 N–H and O–H groups in total. The molecule has 0 aromatic rings. The van der Waals surface area contributed by atoms with Gasteiger partial charge in [-0.05, 0) is 0 Å². The number of nitrogens with zero attached hydrogens (tertiary/aromatic N) is 1. The van der Waals surface area contributed by atoms with Crippen LogP contribution in [0.4, 0.5) is 0 Å². The molecule has 0 aliphatic carbocycles. The summed E-state index contributed by atoms with van der Waals surface area (Å²) in [6, 6.07) is 0. The average molecular weight is 183 g/mol. The van der Waals surface area contributed by atoms with Crippen molar-refractivity contribution in [1.29, 1.82) is 0 Å². The number of Topliss-reactive ketones (excluding diaryl/α,β-unsaturated/α-hetero) is 1. The molecule has 13 heavy (non-hydrogen) atoms. The number of amides is 2. The summed E-state index contributed by atoms with van der Waals surface area (Å²) >= 11 is 0. The Labute approximate surface area is 75.0 Å². The molecule has 0 atom stereocenters. The molecule has 0 bridgehead atoms. The zero-order valence-corrected chi connectivity index (χ0v) is 7.15. The molecule has 1 heterocycles. The lowest BCUT2D eigenvalue weighted by Crippen LogP contribution is -2.36. The minimum absolute atomic E-state index is 0.0863. The minimum Gasteiger partial charge on any atom is -0.377 e. The van der Waals surface area contributed by atoms with E-state index in [1.54, 1.807) is 0 Å². The van der Waals surface area contributed by atoms with Crippen molar-refractivity contribution < 1.29 is 19.1 Å². The van der Waals surface area contributed by atoms with Crippen LogP contribution in [0.5, 0.6) is 0 Å². The lowest BCUT2D eigenvalue weighted by molar-refractivity contribution is -0.141. The van der Waals surface area contributed by atoms with Crippen LogP contribution in [0.15, 0.2) is 12.2 Å². The van der Waals surface area contributed by atoms with Crippen molar-refractivity contribution >= 4 is 17.6 Å². The standard InChI is InChI=1S/C8H9NO4/c1-13-5-6(10)4-9-7(11)2-3-8(9)12/h2-3H,4-5H2,1H3. The molecule has 5 nitrogen and oxygen atoms in total. The number of imide groups is 1. The number of hydrogen-bond acceptors (Lipinski definition) is 4. The van der Waals surface area contributed by atoms with Crippen LogP contribution in [0.1, 0.15) is 0 Å². The number of rotatable bonds is 4. The van der Waals surface area contributed by atoms with Gasteiger partial charge >= 0.3 is 0 Å². The SMILES string of the molecule is COCC(=O)CN1C(=O)C=CC1=O. The molecule has 1 aliphatic rings. The van der Waals surface area contributed by atoms with Crippen LogP contribution >= 0.6 is 0 Å². The van der Waals surface area contributed by atoms with E-state index in [0.717, 1.165) is 17.1 Å². The van der Waals surface area contributed by atoms with Gasteiger partial charge in [-0.25, -0.2) is 0 Å². The quantitative estimate of drug-likeness (QED) is 0.531. The van der Waals surface area contributed by atoms with E-state index >= 15 is 0 Å². The molecular formula is C8H9NO4. The smallest absolute Gasteiger partial charge is 0.254 e. The van der Waals surface area contributed by atoms with E-state index < -0.39 is 11.8 Å². The highest BCUT2D eigenvalue weighted by Crippen LogP contribution is 2.02. The van der Waals surface area contributed by atoms with Crippen molar-refractivity contribution in [3.8, 4) is 0 Å². The first-order chi connectivity index (χ1) is 6.15. The largest absolute Gasteiger partial charge is 0.377 e. The molecule has 0 spiro atoms. The number of ketones is 1. The fraction of sp³-hybridized carbons (Fsp3) is 0.375. The maximum absolute atomic E-state index is 11.0. The molecule has 0 aromatic heterocycles. The lowest BCUT2D eigenvalue weighted by atomic mass is 10.4. The number of methoxy groups -OCH3 is 1. The Hall–Kier alpha value is -1.49. The van der Waals surface area contributed by atoms with E-state index in [1.807, 2.05) is 0 Å². The first-order valence-electron chi connectivity index (χ1n) is 3.69. The van der Waals surface area contributed by atoms with E-state index in [0.29, 0.717) is 0 Å². The summed E-state index contributed by atoms with van der Waals surface area (Å²) < 4.78 is 4.57. The predicted molar refractivity (Wildman–Crippen MR) is 42.7 cm³/mol. The van der Waals surface area contributed by atoms with Crippen LogP contribution in [0.3, 0.4) is 0 Å². The molecule has 70 valence electrons. The Morgan fingerprint density at radius 2 is 1.92 bits per heavy atom. The number of carbonyl (C=O) groups is 3. The van der Waals surface area contributed by atoms with Crippen molar-refractivity contribution in [2.45, 2.75) is 0 Å². The minimum atomic E-state index is -0.450. The van der Waals surface area contributed by atoms with Gasteiger partial charge in [0, 0.05) is 19.3 Å². The molecule has 5 heteroatoms. The van der Waals surface area contributed by atoms with Crippen molar-refractivity contribution in [3.63, 3.8) is 0 Å². The molecule has 1 aliphatic heterocycles. The fourth-order valence-electron chi connectivity index (χ4n) is 0.970. The summed E-state index contributed by atoms with van der Waals surface area (Å²) in [6.45, 7) is -0.296. The summed E-state index contributed by atoms with van der Waals surface area (Å²) in [5, 5.41) is 0. The van der Waals surface area contributed by atoms with Crippen LogP contribution < -0.4 is 0 Å². The van der Waals surface area contributed by atoms with E-state index in [9.17, 15) is 14.4 Å². The van der Waals surface area contributed by atoms with Gasteiger partial charge in [0.1, 0.15) is 6.61 Å². The van der Waals surface area contributed by atoms with Crippen LogP contribution in [-0.4, -0.2) is 42.8 Å². The summed E-state index contributed by atoms with van der Waals surface area (Å²) in [5.74, 6) is -1.20. The Balaban J connectivity index is 2.50. The molecule has 0 unspecified atom stereocenters. The third-order valence-corrected chi connectivity index (χ3v) is 1.54. The van der Waals surface area contributed by atoms with Crippen molar-refractivity contribution in [3.05, 3.63) is 12.2 Å². The van der Waals surface area contributed by atoms with E-state index in [-0.39, 0.29) is 18.9 Å². The van der Waals surface area contributed by atoms with Crippen molar-refractivity contribution in [2.24, 2.45) is 0 Å². The highest BCUT2D eigenvalue weighted by molar-refractivity contribution is 6.14. The Morgan fingerprint density at radius 3 is 2.38 bits per heavy atom. The topological polar surface area (TPSA) is 63.7 Å². The van der Waals surface area contributed by atoms with Gasteiger partial charge in [0.15, 0.2) is 5.78 Å². The Morgan fingerprint density at radius 1 is 1.38 bits per heavy atom. The molecule has 0 fully saturated rings. The molecule has 1 rings (SSSR count). The van der Waals surface area contributed by atoms with Gasteiger partial charge in [0.05, 0.1) is 6.54 Å². The van der Waals surface area contributed by atoms with Crippen LogP contribution in [0.25, 0.3) is 0 Å². The van der Waals surface area contributed by atoms with Crippen molar-refractivity contribution in [1.82, 2.24) is 4.90 Å². The van der Waals surface area contributed by atoms with E-state index in [4.69, 9.17) is 0 Å². The second-order valence-corrected chi connectivity index (χ2v) is 2.57. The van der Waals surface area contributed by atoms with Crippen LogP contribution in [-0.2, 0) is 19.1 Å². The monoisotopic (exact) mass is 183 g/mol. The fourth-order valence-corrected chi connectivity index (χ4v) is 0.970. The molecule has 0 saturated heterocycles. The van der Waals surface area contributed by atoms with Gasteiger partial charge in [-0.3, -0.25) is 19.3 Å². The van der Waals surface area contributed by atoms with Crippen molar-refractivity contribution in [2.75, 3.05) is 20.3 Å². The summed E-state index contributed by atoms with van der Waals surface area (Å²) in [4.78, 5) is 33.8. The number of ether oxygens (including phenoxy) is 1. The van der Waals surface area contributed by atoms with Gasteiger partial charge in [-0.15, -0.1) is 0 Å². The maximum Gasteiger partial charge on any atom is 0.254 e. The first kappa shape index (κ1) is 9.60. The number of carbonyl (C=O) groups excluding carboxylic acids is 3. The van der Waals surface area contributed by atoms with Gasteiger partial charge in [0.25, 0.3) is 11.8 Å². The zero-order chi connectivity index (χ0) is 9.84. The van der Waals surface area contributed by atoms with E-state index in [2.05, 4.69) is 4.74 Å². The van der Waals surface area contributed by atoms with Gasteiger partial charge in [-0.1, -0.05) is 0 Å². The van der Waals surface area contributed by atoms with Crippen LogP contribution in [0, 0.1) is 0 Å². The maximum atomic E-state index is 11.0. The molecule has 0 aromatic carbocycles. The zero-order valence-electron chi connectivity index (χ0n) is 7.15. The highest BCUT2D eigenvalue weighted by atomic mass is 16.5. The third kappa shape index (κ3) is 2.22. The second-order valence-electron chi connectivity index (χ2n) is 2.57. The Kier molecular flexibility index (Phi) is 2.92. The third-order valence-electron chi connectivity index (χ3n) is 1.54. The van der Waals surface area contributed by atoms with Gasteiger partial charge in [0.2, 0.25) is 0 Å². The summed E-state index contributed by atoms with van der Waals surface area (Å²) in [7, 11) is 1.38. The molecule has 2 amide bonds. The number of hydrogen-bond donors (Lipinski definition) is 0. The average Bonchev–Trinajstić information content (AvgIpc) is 2.36. The molecule has 0 radical (unpaired) electrons. The molecule has 0 saturated carbocycles. The van der Waals surface area contributed by atoms with Gasteiger partial charge in [-0.2, -0.15) is 0 Å². The summed E-state index contributed by atoms with van der Waals surface area (Å²) in [6.07, 6.45) is 2.28. The predicted octanol–water partition coefficient (Wildman–Crippen LogP) is -0.873. The second kappa shape index (κ2) is 3.95. The highest BCUT2D eigenvalue weighted by Gasteiger charge is 2.25. The van der Waals surface area contributed by atoms with E-state index in [1.165, 1.54) is 7.11 Å². The normalized spacial score (nSPS) is 15.6. The van der Waals surface area contributed by atoms with Crippen LogP contribution in [0.2, 0.25) is 0 Å². The van der Waals surface area contributed by atoms with Gasteiger partial charge < -0.3 is 4.74 Å². The Bertz CT molecular complexity index is 264. The lowest BCUT2D eigenvalue weighted by Gasteiger charge is -2.11.